The van der Waals surface area contributed by atoms with Gasteiger partial charge in [0, 0.05) is 6.07 Å². The van der Waals surface area contributed by atoms with E-state index in [-0.39, 0.29) is 6.61 Å². The Balaban J connectivity index is 2.25. The average molecular weight is 240 g/mol. The van der Waals surface area contributed by atoms with Gasteiger partial charge in [-0.15, -0.1) is 0 Å². The second-order valence-electron chi connectivity index (χ2n) is 3.77. The zero-order valence-corrected chi connectivity index (χ0v) is 9.63. The number of nitriles is 1. The van der Waals surface area contributed by atoms with Crippen LogP contribution in [0.1, 0.15) is 11.1 Å². The van der Waals surface area contributed by atoms with Crippen LogP contribution in [0.5, 0.6) is 11.5 Å². The minimum absolute atomic E-state index is 0.00760. The Kier molecular flexibility index (Phi) is 3.46. The van der Waals surface area contributed by atoms with Crippen molar-refractivity contribution in [2.75, 3.05) is 5.73 Å². The molecule has 0 bridgehead atoms. The van der Waals surface area contributed by atoms with Crippen LogP contribution in [0.15, 0.2) is 42.5 Å². The van der Waals surface area contributed by atoms with Gasteiger partial charge in [-0.2, -0.15) is 5.26 Å². The molecular weight excluding hydrogens is 228 g/mol. The molecule has 0 aliphatic rings. The second-order valence-corrected chi connectivity index (χ2v) is 3.77. The van der Waals surface area contributed by atoms with Gasteiger partial charge < -0.3 is 15.6 Å². The van der Waals surface area contributed by atoms with Gasteiger partial charge in [0.2, 0.25) is 0 Å². The van der Waals surface area contributed by atoms with Crippen LogP contribution in [-0.2, 0) is 6.61 Å². The number of nitrogens with zero attached hydrogens (tertiary/aromatic N) is 1. The molecule has 0 spiro atoms. The summed E-state index contributed by atoms with van der Waals surface area (Å²) >= 11 is 0. The lowest BCUT2D eigenvalue weighted by Crippen LogP contribution is -1.93. The summed E-state index contributed by atoms with van der Waals surface area (Å²) in [4.78, 5) is 0. The maximum absolute atomic E-state index is 8.93. The number of anilines is 1. The van der Waals surface area contributed by atoms with Gasteiger partial charge in [-0.1, -0.05) is 12.1 Å². The van der Waals surface area contributed by atoms with E-state index in [2.05, 4.69) is 0 Å². The molecule has 0 fully saturated rings. The molecule has 2 rings (SSSR count). The number of hydrogen-bond donors (Lipinski definition) is 2. The number of nitrogens with two attached hydrogens (primary N) is 1. The lowest BCUT2D eigenvalue weighted by atomic mass is 10.2. The van der Waals surface area contributed by atoms with Crippen LogP contribution >= 0.6 is 0 Å². The Bertz CT molecular complexity index is 586. The number of aliphatic hydroxyl groups is 1. The fourth-order valence-electron chi connectivity index (χ4n) is 1.48. The maximum Gasteiger partial charge on any atom is 0.151 e. The Morgan fingerprint density at radius 2 is 1.89 bits per heavy atom. The SMILES string of the molecule is N#Cc1ccc(N)c(Oc2ccc(CO)cc2)c1. The minimum Gasteiger partial charge on any atom is -0.455 e. The van der Waals surface area contributed by atoms with Gasteiger partial charge in [0.1, 0.15) is 5.75 Å². The van der Waals surface area contributed by atoms with E-state index in [0.717, 1.165) is 5.56 Å². The van der Waals surface area contributed by atoms with Crippen LogP contribution in [0.2, 0.25) is 0 Å². The monoisotopic (exact) mass is 240 g/mol. The second kappa shape index (κ2) is 5.21. The van der Waals surface area contributed by atoms with Gasteiger partial charge in [0.15, 0.2) is 5.75 Å². The number of aliphatic hydroxyl groups excluding tert-OH is 1. The molecule has 0 atom stereocenters. The third-order valence-corrected chi connectivity index (χ3v) is 2.48. The molecule has 0 amide bonds. The van der Waals surface area contributed by atoms with E-state index in [0.29, 0.717) is 22.7 Å². The average Bonchev–Trinajstić information content (AvgIpc) is 2.42. The van der Waals surface area contributed by atoms with Crippen LogP contribution in [0.3, 0.4) is 0 Å². The molecule has 0 saturated carbocycles. The number of nitrogen functional groups attached to an aromatic ring is 1. The molecule has 0 aromatic heterocycles. The summed E-state index contributed by atoms with van der Waals surface area (Å²) in [5.74, 6) is 1.06. The van der Waals surface area contributed by atoms with Crippen molar-refractivity contribution in [3.8, 4) is 17.6 Å². The molecule has 2 aromatic rings. The van der Waals surface area contributed by atoms with E-state index >= 15 is 0 Å². The first kappa shape index (κ1) is 12.0. The lowest BCUT2D eigenvalue weighted by Gasteiger charge is -2.09. The maximum atomic E-state index is 8.93. The molecular formula is C14H12N2O2. The zero-order chi connectivity index (χ0) is 13.0. The van der Waals surface area contributed by atoms with Crippen LogP contribution < -0.4 is 10.5 Å². The summed E-state index contributed by atoms with van der Waals surface area (Å²) in [7, 11) is 0. The molecule has 90 valence electrons. The van der Waals surface area contributed by atoms with Crippen molar-refractivity contribution in [1.82, 2.24) is 0 Å². The predicted octanol–water partition coefficient (Wildman–Crippen LogP) is 2.43. The van der Waals surface area contributed by atoms with E-state index in [1.165, 1.54) is 0 Å². The summed E-state index contributed by atoms with van der Waals surface area (Å²) in [5, 5.41) is 17.7. The molecule has 4 heteroatoms. The fraction of sp³-hybridized carbons (Fsp3) is 0.0714. The Hall–Kier alpha value is -2.51. The highest BCUT2D eigenvalue weighted by Crippen LogP contribution is 2.28. The standard InChI is InChI=1S/C14H12N2O2/c15-8-11-3-6-13(16)14(7-11)18-12-4-1-10(9-17)2-5-12/h1-7,17H,9,16H2. The van der Waals surface area contributed by atoms with Crippen molar-refractivity contribution in [2.24, 2.45) is 0 Å². The summed E-state index contributed by atoms with van der Waals surface area (Å²) in [5.41, 5.74) is 7.54. The Morgan fingerprint density at radius 1 is 1.17 bits per heavy atom. The molecule has 3 N–H and O–H groups in total. The summed E-state index contributed by atoms with van der Waals surface area (Å²) in [6.45, 7) is -0.00760. The number of ether oxygens (including phenoxy) is 1. The van der Waals surface area contributed by atoms with Crippen molar-refractivity contribution >= 4 is 5.69 Å². The van der Waals surface area contributed by atoms with Gasteiger partial charge in [0.25, 0.3) is 0 Å². The molecule has 0 saturated heterocycles. The highest BCUT2D eigenvalue weighted by Gasteiger charge is 2.04. The Morgan fingerprint density at radius 3 is 2.50 bits per heavy atom. The molecule has 18 heavy (non-hydrogen) atoms. The molecule has 0 radical (unpaired) electrons. The van der Waals surface area contributed by atoms with Crippen molar-refractivity contribution in [3.05, 3.63) is 53.6 Å². The van der Waals surface area contributed by atoms with Crippen LogP contribution in [0.25, 0.3) is 0 Å². The molecule has 4 nitrogen and oxygen atoms in total. The van der Waals surface area contributed by atoms with E-state index < -0.39 is 0 Å². The van der Waals surface area contributed by atoms with Crippen molar-refractivity contribution in [1.29, 1.82) is 5.26 Å². The number of rotatable bonds is 3. The van der Waals surface area contributed by atoms with Crippen LogP contribution in [0, 0.1) is 11.3 Å². The molecule has 2 aromatic carbocycles. The minimum atomic E-state index is -0.00760. The van der Waals surface area contributed by atoms with Crippen LogP contribution in [-0.4, -0.2) is 5.11 Å². The molecule has 0 aliphatic carbocycles. The molecule has 0 heterocycles. The van der Waals surface area contributed by atoms with E-state index in [1.807, 2.05) is 6.07 Å². The number of benzene rings is 2. The van der Waals surface area contributed by atoms with Gasteiger partial charge in [-0.25, -0.2) is 0 Å². The highest BCUT2D eigenvalue weighted by molar-refractivity contribution is 5.57. The third-order valence-electron chi connectivity index (χ3n) is 2.48. The summed E-state index contributed by atoms with van der Waals surface area (Å²) in [6.07, 6.45) is 0. The van der Waals surface area contributed by atoms with Crippen molar-refractivity contribution in [2.45, 2.75) is 6.61 Å². The third kappa shape index (κ3) is 2.59. The van der Waals surface area contributed by atoms with E-state index in [9.17, 15) is 0 Å². The largest absolute Gasteiger partial charge is 0.455 e. The first-order valence-electron chi connectivity index (χ1n) is 5.40. The van der Waals surface area contributed by atoms with E-state index in [1.54, 1.807) is 42.5 Å². The molecule has 0 unspecified atom stereocenters. The van der Waals surface area contributed by atoms with Gasteiger partial charge in [0.05, 0.1) is 23.9 Å². The fourth-order valence-corrected chi connectivity index (χ4v) is 1.48. The van der Waals surface area contributed by atoms with Gasteiger partial charge in [-0.3, -0.25) is 0 Å². The smallest absolute Gasteiger partial charge is 0.151 e. The van der Waals surface area contributed by atoms with Gasteiger partial charge >= 0.3 is 0 Å². The highest BCUT2D eigenvalue weighted by atomic mass is 16.5. The Labute approximate surface area is 105 Å². The van der Waals surface area contributed by atoms with Gasteiger partial charge in [-0.05, 0) is 29.8 Å². The summed E-state index contributed by atoms with van der Waals surface area (Å²) in [6, 6.07) is 13.9. The van der Waals surface area contributed by atoms with Crippen LogP contribution in [0.4, 0.5) is 5.69 Å². The lowest BCUT2D eigenvalue weighted by molar-refractivity contribution is 0.281. The number of hydrogen-bond acceptors (Lipinski definition) is 4. The van der Waals surface area contributed by atoms with Crippen molar-refractivity contribution in [3.63, 3.8) is 0 Å². The normalized spacial score (nSPS) is 9.78. The first-order valence-corrected chi connectivity index (χ1v) is 5.40. The zero-order valence-electron chi connectivity index (χ0n) is 9.63. The first-order chi connectivity index (χ1) is 8.72. The quantitative estimate of drug-likeness (QED) is 0.807. The van der Waals surface area contributed by atoms with E-state index in [4.69, 9.17) is 20.8 Å². The predicted molar refractivity (Wildman–Crippen MR) is 68.0 cm³/mol. The topological polar surface area (TPSA) is 79.3 Å². The molecule has 0 aliphatic heterocycles. The summed E-state index contributed by atoms with van der Waals surface area (Å²) < 4.78 is 5.59. The van der Waals surface area contributed by atoms with Crippen molar-refractivity contribution < 1.29 is 9.84 Å².